The molecule has 0 unspecified atom stereocenters. The summed E-state index contributed by atoms with van der Waals surface area (Å²) in [6.07, 6.45) is 3.33. The van der Waals surface area contributed by atoms with E-state index in [1.54, 1.807) is 0 Å². The third-order valence-electron chi connectivity index (χ3n) is 4.80. The predicted molar refractivity (Wildman–Crippen MR) is 90.2 cm³/mol. The van der Waals surface area contributed by atoms with Gasteiger partial charge in [-0.3, -0.25) is 9.59 Å². The van der Waals surface area contributed by atoms with Gasteiger partial charge in [0.1, 0.15) is 0 Å². The maximum absolute atomic E-state index is 12.5. The van der Waals surface area contributed by atoms with E-state index in [4.69, 9.17) is 5.11 Å². The third kappa shape index (κ3) is 4.81. The first kappa shape index (κ1) is 17.5. The third-order valence-corrected chi connectivity index (χ3v) is 4.80. The number of carboxylic acid groups (broad SMARTS) is 1. The summed E-state index contributed by atoms with van der Waals surface area (Å²) in [6.45, 7) is 6.17. The van der Waals surface area contributed by atoms with E-state index >= 15 is 0 Å². The SMILES string of the molecule is Cc1ccccc1CC(C)(C)NC(=O)C1CCC(C(=O)O)CC1. The molecule has 126 valence electrons. The van der Waals surface area contributed by atoms with E-state index in [2.05, 4.69) is 24.4 Å². The van der Waals surface area contributed by atoms with Crippen LogP contribution in [0.1, 0.15) is 50.7 Å². The molecule has 0 bridgehead atoms. The molecule has 2 rings (SSSR count). The van der Waals surface area contributed by atoms with Gasteiger partial charge in [0.2, 0.25) is 5.91 Å². The predicted octanol–water partition coefficient (Wildman–Crippen LogP) is 3.32. The second-order valence-electron chi connectivity index (χ2n) is 7.36. The smallest absolute Gasteiger partial charge is 0.306 e. The number of hydrogen-bond donors (Lipinski definition) is 2. The van der Waals surface area contributed by atoms with Gasteiger partial charge >= 0.3 is 5.97 Å². The van der Waals surface area contributed by atoms with Crippen molar-refractivity contribution in [1.82, 2.24) is 5.32 Å². The van der Waals surface area contributed by atoms with Crippen molar-refractivity contribution >= 4 is 11.9 Å². The van der Waals surface area contributed by atoms with Crippen LogP contribution in [0.3, 0.4) is 0 Å². The second kappa shape index (κ2) is 7.16. The molecule has 0 saturated heterocycles. The first-order valence-corrected chi connectivity index (χ1v) is 8.38. The van der Waals surface area contributed by atoms with Crippen LogP contribution < -0.4 is 5.32 Å². The average molecular weight is 317 g/mol. The fraction of sp³-hybridized carbons (Fsp3) is 0.579. The summed E-state index contributed by atoms with van der Waals surface area (Å²) in [5.74, 6) is -1.00. The van der Waals surface area contributed by atoms with E-state index < -0.39 is 5.97 Å². The standard InChI is InChI=1S/C19H27NO3/c1-13-6-4-5-7-16(13)12-19(2,3)20-17(21)14-8-10-15(11-9-14)18(22)23/h4-7,14-15H,8-12H2,1-3H3,(H,20,21)(H,22,23). The Morgan fingerprint density at radius 2 is 1.70 bits per heavy atom. The number of aliphatic carboxylic acids is 1. The first-order chi connectivity index (χ1) is 10.8. The molecule has 0 heterocycles. The molecular weight excluding hydrogens is 290 g/mol. The molecule has 1 fully saturated rings. The summed E-state index contributed by atoms with van der Waals surface area (Å²) in [5, 5.41) is 12.2. The van der Waals surface area contributed by atoms with Gasteiger partial charge in [-0.25, -0.2) is 0 Å². The highest BCUT2D eigenvalue weighted by Gasteiger charge is 2.32. The number of carboxylic acids is 1. The van der Waals surface area contributed by atoms with Crippen molar-refractivity contribution in [2.75, 3.05) is 0 Å². The summed E-state index contributed by atoms with van der Waals surface area (Å²) >= 11 is 0. The number of aryl methyl sites for hydroxylation is 1. The van der Waals surface area contributed by atoms with Gasteiger partial charge in [0.25, 0.3) is 0 Å². The Labute approximate surface area is 138 Å². The Bertz CT molecular complexity index is 572. The number of amides is 1. The normalized spacial score (nSPS) is 21.7. The van der Waals surface area contributed by atoms with Gasteiger partial charge in [-0.05, 0) is 64.0 Å². The lowest BCUT2D eigenvalue weighted by molar-refractivity contribution is -0.144. The average Bonchev–Trinajstić information content (AvgIpc) is 2.49. The molecule has 2 N–H and O–H groups in total. The van der Waals surface area contributed by atoms with Gasteiger partial charge in [0.15, 0.2) is 0 Å². The highest BCUT2D eigenvalue weighted by atomic mass is 16.4. The maximum atomic E-state index is 12.5. The second-order valence-corrected chi connectivity index (χ2v) is 7.36. The molecular formula is C19H27NO3. The maximum Gasteiger partial charge on any atom is 0.306 e. The number of carbonyl (C=O) groups excluding carboxylic acids is 1. The topological polar surface area (TPSA) is 66.4 Å². The number of carbonyl (C=O) groups is 2. The van der Waals surface area contributed by atoms with Gasteiger partial charge in [-0.15, -0.1) is 0 Å². The molecule has 0 spiro atoms. The summed E-state index contributed by atoms with van der Waals surface area (Å²) in [7, 11) is 0. The lowest BCUT2D eigenvalue weighted by Crippen LogP contribution is -2.48. The molecule has 23 heavy (non-hydrogen) atoms. The van der Waals surface area contributed by atoms with Crippen LogP contribution in [0.15, 0.2) is 24.3 Å². The molecule has 1 aliphatic carbocycles. The van der Waals surface area contributed by atoms with Crippen LogP contribution >= 0.6 is 0 Å². The summed E-state index contributed by atoms with van der Waals surface area (Å²) in [6, 6.07) is 8.22. The molecule has 4 nitrogen and oxygen atoms in total. The zero-order valence-corrected chi connectivity index (χ0v) is 14.3. The fourth-order valence-corrected chi connectivity index (χ4v) is 3.37. The van der Waals surface area contributed by atoms with Crippen molar-refractivity contribution in [2.24, 2.45) is 11.8 Å². The molecule has 1 amide bonds. The molecule has 0 atom stereocenters. The van der Waals surface area contributed by atoms with Crippen LogP contribution in [-0.4, -0.2) is 22.5 Å². The van der Waals surface area contributed by atoms with Crippen LogP contribution in [0, 0.1) is 18.8 Å². The summed E-state index contributed by atoms with van der Waals surface area (Å²) in [4.78, 5) is 23.5. The van der Waals surface area contributed by atoms with Crippen LogP contribution in [-0.2, 0) is 16.0 Å². The van der Waals surface area contributed by atoms with Gasteiger partial charge in [-0.1, -0.05) is 24.3 Å². The lowest BCUT2D eigenvalue weighted by atomic mass is 9.81. The van der Waals surface area contributed by atoms with Crippen molar-refractivity contribution in [3.63, 3.8) is 0 Å². The summed E-state index contributed by atoms with van der Waals surface area (Å²) < 4.78 is 0. The van der Waals surface area contributed by atoms with E-state index in [1.807, 2.05) is 26.0 Å². The van der Waals surface area contributed by atoms with Gasteiger partial charge < -0.3 is 10.4 Å². The Morgan fingerprint density at radius 1 is 1.13 bits per heavy atom. The molecule has 0 radical (unpaired) electrons. The zero-order valence-electron chi connectivity index (χ0n) is 14.3. The van der Waals surface area contributed by atoms with Gasteiger partial charge in [0, 0.05) is 11.5 Å². The van der Waals surface area contributed by atoms with E-state index in [0.29, 0.717) is 25.7 Å². The van der Waals surface area contributed by atoms with Crippen LogP contribution in [0.4, 0.5) is 0 Å². The Balaban J connectivity index is 1.91. The molecule has 0 aromatic heterocycles. The minimum Gasteiger partial charge on any atom is -0.481 e. The minimum atomic E-state index is -0.733. The first-order valence-electron chi connectivity index (χ1n) is 8.38. The largest absolute Gasteiger partial charge is 0.481 e. The Kier molecular flexibility index (Phi) is 5.45. The number of nitrogens with one attached hydrogen (secondary N) is 1. The quantitative estimate of drug-likeness (QED) is 0.875. The minimum absolute atomic E-state index is 0.0539. The van der Waals surface area contributed by atoms with Crippen molar-refractivity contribution in [3.05, 3.63) is 35.4 Å². The number of rotatable bonds is 5. The monoisotopic (exact) mass is 317 g/mol. The van der Waals surface area contributed by atoms with Crippen molar-refractivity contribution in [1.29, 1.82) is 0 Å². The molecule has 0 aliphatic heterocycles. The molecule has 1 aliphatic rings. The van der Waals surface area contributed by atoms with Gasteiger partial charge in [-0.2, -0.15) is 0 Å². The lowest BCUT2D eigenvalue weighted by Gasteiger charge is -2.31. The number of hydrogen-bond acceptors (Lipinski definition) is 2. The Morgan fingerprint density at radius 3 is 2.26 bits per heavy atom. The van der Waals surface area contributed by atoms with Crippen molar-refractivity contribution < 1.29 is 14.7 Å². The van der Waals surface area contributed by atoms with E-state index in [0.717, 1.165) is 6.42 Å². The van der Waals surface area contributed by atoms with E-state index in [-0.39, 0.29) is 23.3 Å². The van der Waals surface area contributed by atoms with Crippen LogP contribution in [0.2, 0.25) is 0 Å². The van der Waals surface area contributed by atoms with Crippen LogP contribution in [0.5, 0.6) is 0 Å². The highest BCUT2D eigenvalue weighted by molar-refractivity contribution is 5.80. The Hall–Kier alpha value is -1.84. The molecule has 4 heteroatoms. The van der Waals surface area contributed by atoms with E-state index in [1.165, 1.54) is 11.1 Å². The van der Waals surface area contributed by atoms with Gasteiger partial charge in [0.05, 0.1) is 5.92 Å². The van der Waals surface area contributed by atoms with Crippen molar-refractivity contribution in [3.8, 4) is 0 Å². The number of benzene rings is 1. The molecule has 1 aromatic rings. The zero-order chi connectivity index (χ0) is 17.0. The summed E-state index contributed by atoms with van der Waals surface area (Å²) in [5.41, 5.74) is 2.16. The molecule has 1 aromatic carbocycles. The molecule has 1 saturated carbocycles. The fourth-order valence-electron chi connectivity index (χ4n) is 3.37. The van der Waals surface area contributed by atoms with Crippen molar-refractivity contribution in [2.45, 2.75) is 58.4 Å². The highest BCUT2D eigenvalue weighted by Crippen LogP contribution is 2.29. The van der Waals surface area contributed by atoms with Crippen LogP contribution in [0.25, 0.3) is 0 Å². The van der Waals surface area contributed by atoms with E-state index in [9.17, 15) is 9.59 Å².